The molecule has 0 radical (unpaired) electrons. The Balaban J connectivity index is 1.95. The van der Waals surface area contributed by atoms with Gasteiger partial charge in [-0.1, -0.05) is 0 Å². The maximum absolute atomic E-state index is 10.9. The molecule has 0 bridgehead atoms. The van der Waals surface area contributed by atoms with Gasteiger partial charge in [0.15, 0.2) is 0 Å². The Labute approximate surface area is 110 Å². The van der Waals surface area contributed by atoms with Gasteiger partial charge < -0.3 is 14.4 Å². The van der Waals surface area contributed by atoms with Gasteiger partial charge in [-0.25, -0.2) is 9.78 Å². The van der Waals surface area contributed by atoms with Crippen LogP contribution in [-0.2, 0) is 11.3 Å². The molecule has 5 heteroatoms. The number of carbonyl (C=O) groups is 1. The lowest BCUT2D eigenvalue weighted by atomic mass is 9.80. The first-order valence-corrected chi connectivity index (χ1v) is 6.37. The van der Waals surface area contributed by atoms with E-state index in [4.69, 9.17) is 9.84 Å². The van der Waals surface area contributed by atoms with Gasteiger partial charge in [0.2, 0.25) is 0 Å². The quantitative estimate of drug-likeness (QED) is 0.916. The Bertz CT molecular complexity index is 623. The van der Waals surface area contributed by atoms with E-state index in [0.717, 1.165) is 24.9 Å². The summed E-state index contributed by atoms with van der Waals surface area (Å²) in [6, 6.07) is 5.03. The van der Waals surface area contributed by atoms with Crippen LogP contribution in [-0.4, -0.2) is 33.3 Å². The van der Waals surface area contributed by atoms with Gasteiger partial charge in [0.1, 0.15) is 0 Å². The number of carboxylic acids is 1. The summed E-state index contributed by atoms with van der Waals surface area (Å²) in [6.07, 6.45) is 5.09. The number of rotatable bonds is 4. The summed E-state index contributed by atoms with van der Waals surface area (Å²) in [5.41, 5.74) is 1.86. The zero-order valence-electron chi connectivity index (χ0n) is 10.8. The predicted octanol–water partition coefficient (Wildman–Crippen LogP) is 2.30. The summed E-state index contributed by atoms with van der Waals surface area (Å²) >= 11 is 0. The number of imidazole rings is 1. The maximum Gasteiger partial charge on any atom is 0.335 e. The van der Waals surface area contributed by atoms with E-state index in [1.807, 2.05) is 10.6 Å². The van der Waals surface area contributed by atoms with Crippen LogP contribution >= 0.6 is 0 Å². The van der Waals surface area contributed by atoms with Crippen molar-refractivity contribution in [3.63, 3.8) is 0 Å². The predicted molar refractivity (Wildman–Crippen MR) is 70.3 cm³/mol. The Morgan fingerprint density at radius 2 is 2.32 bits per heavy atom. The molecule has 1 aliphatic carbocycles. The van der Waals surface area contributed by atoms with Crippen LogP contribution < -0.4 is 0 Å². The Hall–Kier alpha value is -1.88. The number of aromatic carboxylic acids is 1. The second kappa shape index (κ2) is 4.35. The lowest BCUT2D eigenvalue weighted by Crippen LogP contribution is -2.43. The SMILES string of the molecule is COC1(Cn2cnc3cc(C(=O)O)ccc32)CCC1. The summed E-state index contributed by atoms with van der Waals surface area (Å²) in [5, 5.41) is 8.97. The molecular weight excluding hydrogens is 244 g/mol. The fourth-order valence-electron chi connectivity index (χ4n) is 2.63. The third kappa shape index (κ3) is 2.00. The molecule has 1 aliphatic rings. The Morgan fingerprint density at radius 1 is 1.53 bits per heavy atom. The molecule has 0 aliphatic heterocycles. The highest BCUT2D eigenvalue weighted by atomic mass is 16.5. The van der Waals surface area contributed by atoms with Crippen molar-refractivity contribution in [1.82, 2.24) is 9.55 Å². The zero-order valence-corrected chi connectivity index (χ0v) is 10.8. The fraction of sp³-hybridized carbons (Fsp3) is 0.429. The highest BCUT2D eigenvalue weighted by Gasteiger charge is 2.37. The maximum atomic E-state index is 10.9. The minimum atomic E-state index is -0.927. The average molecular weight is 260 g/mol. The highest BCUT2D eigenvalue weighted by molar-refractivity contribution is 5.92. The molecule has 0 saturated heterocycles. The van der Waals surface area contributed by atoms with Crippen molar-refractivity contribution in [3.05, 3.63) is 30.1 Å². The molecular formula is C14H16N2O3. The second-order valence-corrected chi connectivity index (χ2v) is 5.12. The van der Waals surface area contributed by atoms with Gasteiger partial charge in [-0.05, 0) is 37.5 Å². The highest BCUT2D eigenvalue weighted by Crippen LogP contribution is 2.37. The summed E-state index contributed by atoms with van der Waals surface area (Å²) in [4.78, 5) is 15.2. The van der Waals surface area contributed by atoms with E-state index in [2.05, 4.69) is 4.98 Å². The molecule has 0 spiro atoms. The van der Waals surface area contributed by atoms with E-state index in [9.17, 15) is 4.79 Å². The summed E-state index contributed by atoms with van der Waals surface area (Å²) in [6.45, 7) is 0.770. The molecule has 1 aromatic carbocycles. The number of fused-ring (bicyclic) bond motifs is 1. The van der Waals surface area contributed by atoms with E-state index >= 15 is 0 Å². The third-order valence-electron chi connectivity index (χ3n) is 4.02. The minimum absolute atomic E-state index is 0.0703. The van der Waals surface area contributed by atoms with Gasteiger partial charge in [0.05, 0.1) is 35.1 Å². The van der Waals surface area contributed by atoms with Crippen molar-refractivity contribution >= 4 is 17.0 Å². The van der Waals surface area contributed by atoms with Crippen LogP contribution in [0.3, 0.4) is 0 Å². The van der Waals surface area contributed by atoms with Gasteiger partial charge in [-0.2, -0.15) is 0 Å². The number of aromatic nitrogens is 2. The smallest absolute Gasteiger partial charge is 0.335 e. The van der Waals surface area contributed by atoms with Gasteiger partial charge in [-0.3, -0.25) is 0 Å². The molecule has 0 unspecified atom stereocenters. The first kappa shape index (κ1) is 12.2. The lowest BCUT2D eigenvalue weighted by molar-refractivity contribution is -0.0828. The van der Waals surface area contributed by atoms with E-state index in [1.54, 1.807) is 25.6 Å². The van der Waals surface area contributed by atoms with Crippen LogP contribution in [0, 0.1) is 0 Å². The standard InChI is InChI=1S/C14H16N2O3/c1-19-14(5-2-6-14)8-16-9-15-11-7-10(13(17)18)3-4-12(11)16/h3-4,7,9H,2,5-6,8H2,1H3,(H,17,18). The molecule has 3 rings (SSSR count). The minimum Gasteiger partial charge on any atom is -0.478 e. The number of benzene rings is 1. The second-order valence-electron chi connectivity index (χ2n) is 5.12. The normalized spacial score (nSPS) is 17.3. The van der Waals surface area contributed by atoms with Crippen LogP contribution in [0.1, 0.15) is 29.6 Å². The number of nitrogens with zero attached hydrogens (tertiary/aromatic N) is 2. The van der Waals surface area contributed by atoms with Crippen LogP contribution in [0.25, 0.3) is 11.0 Å². The van der Waals surface area contributed by atoms with Gasteiger partial charge in [0.25, 0.3) is 0 Å². The van der Waals surface area contributed by atoms with Crippen LogP contribution in [0.5, 0.6) is 0 Å². The largest absolute Gasteiger partial charge is 0.478 e. The van der Waals surface area contributed by atoms with E-state index < -0.39 is 5.97 Å². The van der Waals surface area contributed by atoms with Gasteiger partial charge >= 0.3 is 5.97 Å². The fourth-order valence-corrected chi connectivity index (χ4v) is 2.63. The van der Waals surface area contributed by atoms with Crippen LogP contribution in [0.15, 0.2) is 24.5 Å². The van der Waals surface area contributed by atoms with Crippen molar-refractivity contribution in [2.24, 2.45) is 0 Å². The van der Waals surface area contributed by atoms with Gasteiger partial charge in [0, 0.05) is 7.11 Å². The molecule has 19 heavy (non-hydrogen) atoms. The molecule has 2 aromatic rings. The van der Waals surface area contributed by atoms with E-state index in [1.165, 1.54) is 6.42 Å². The molecule has 0 atom stereocenters. The summed E-state index contributed by atoms with van der Waals surface area (Å²) < 4.78 is 7.66. The lowest BCUT2D eigenvalue weighted by Gasteiger charge is -2.40. The van der Waals surface area contributed by atoms with Crippen LogP contribution in [0.4, 0.5) is 0 Å². The topological polar surface area (TPSA) is 64.4 Å². The van der Waals surface area contributed by atoms with Crippen molar-refractivity contribution in [2.75, 3.05) is 7.11 Å². The summed E-state index contributed by atoms with van der Waals surface area (Å²) in [5.74, 6) is -0.927. The van der Waals surface area contributed by atoms with Gasteiger partial charge in [-0.15, -0.1) is 0 Å². The average Bonchev–Trinajstić information content (AvgIpc) is 2.76. The molecule has 1 aromatic heterocycles. The molecule has 1 saturated carbocycles. The number of carboxylic acid groups (broad SMARTS) is 1. The van der Waals surface area contributed by atoms with Crippen molar-refractivity contribution in [1.29, 1.82) is 0 Å². The van der Waals surface area contributed by atoms with E-state index in [-0.39, 0.29) is 11.2 Å². The molecule has 100 valence electrons. The number of ether oxygens (including phenoxy) is 1. The molecule has 1 heterocycles. The number of hydrogen-bond acceptors (Lipinski definition) is 3. The zero-order chi connectivity index (χ0) is 13.5. The van der Waals surface area contributed by atoms with Crippen molar-refractivity contribution in [2.45, 2.75) is 31.4 Å². The first-order valence-electron chi connectivity index (χ1n) is 6.37. The monoisotopic (exact) mass is 260 g/mol. The van der Waals surface area contributed by atoms with Crippen molar-refractivity contribution < 1.29 is 14.6 Å². The molecule has 1 N–H and O–H groups in total. The molecule has 5 nitrogen and oxygen atoms in total. The first-order chi connectivity index (χ1) is 9.13. The molecule has 1 fully saturated rings. The Kier molecular flexibility index (Phi) is 2.78. The number of methoxy groups -OCH3 is 1. The van der Waals surface area contributed by atoms with E-state index in [0.29, 0.717) is 5.52 Å². The summed E-state index contributed by atoms with van der Waals surface area (Å²) in [7, 11) is 1.75. The van der Waals surface area contributed by atoms with Crippen LogP contribution in [0.2, 0.25) is 0 Å². The number of hydrogen-bond donors (Lipinski definition) is 1. The Morgan fingerprint density at radius 3 is 2.89 bits per heavy atom. The van der Waals surface area contributed by atoms with Crippen molar-refractivity contribution in [3.8, 4) is 0 Å². The molecule has 0 amide bonds. The third-order valence-corrected chi connectivity index (χ3v) is 4.02.